The zero-order chi connectivity index (χ0) is 16.9. The molecule has 130 valence electrons. The van der Waals surface area contributed by atoms with Crippen LogP contribution in [0.1, 0.15) is 31.5 Å². The van der Waals surface area contributed by atoms with Gasteiger partial charge in [0.2, 0.25) is 0 Å². The number of aliphatic hydroxyl groups is 1. The number of hydrogen-bond donors (Lipinski definition) is 3. The average Bonchev–Trinajstić information content (AvgIpc) is 3.10. The van der Waals surface area contributed by atoms with Gasteiger partial charge in [0.05, 0.1) is 16.6 Å². The SMILES string of the molecule is Cn1c2ccccc2nc1[C@]1(N(C)C)CC[C@]2(CC1)CNC(O)N2. The van der Waals surface area contributed by atoms with Crippen LogP contribution in [-0.4, -0.2) is 52.1 Å². The molecule has 2 aliphatic rings. The van der Waals surface area contributed by atoms with E-state index in [1.165, 1.54) is 5.52 Å². The van der Waals surface area contributed by atoms with Crippen LogP contribution in [0, 0.1) is 0 Å². The van der Waals surface area contributed by atoms with Crippen molar-refractivity contribution in [3.63, 3.8) is 0 Å². The number of aliphatic hydroxyl groups excluding tert-OH is 1. The largest absolute Gasteiger partial charge is 0.365 e. The Morgan fingerprint density at radius 3 is 2.50 bits per heavy atom. The molecule has 2 fully saturated rings. The second-order valence-corrected chi connectivity index (χ2v) is 7.62. The summed E-state index contributed by atoms with van der Waals surface area (Å²) in [6, 6.07) is 8.35. The highest BCUT2D eigenvalue weighted by molar-refractivity contribution is 5.76. The number of rotatable bonds is 2. The number of aryl methyl sites for hydroxylation is 1. The van der Waals surface area contributed by atoms with Crippen molar-refractivity contribution in [1.29, 1.82) is 0 Å². The molecule has 1 saturated heterocycles. The molecule has 1 aliphatic heterocycles. The quantitative estimate of drug-likeness (QED) is 0.770. The molecular weight excluding hydrogens is 302 g/mol. The summed E-state index contributed by atoms with van der Waals surface area (Å²) >= 11 is 0. The van der Waals surface area contributed by atoms with E-state index in [1.807, 2.05) is 6.07 Å². The first kappa shape index (κ1) is 16.0. The topological polar surface area (TPSA) is 65.4 Å². The summed E-state index contributed by atoms with van der Waals surface area (Å²) in [5, 5.41) is 16.2. The predicted octanol–water partition coefficient (Wildman–Crippen LogP) is 1.11. The van der Waals surface area contributed by atoms with Gasteiger partial charge in [-0.3, -0.25) is 15.5 Å². The minimum Gasteiger partial charge on any atom is -0.365 e. The number of nitrogens with one attached hydrogen (secondary N) is 2. The number of benzene rings is 1. The fraction of sp³-hybridized carbons (Fsp3) is 0.611. The summed E-state index contributed by atoms with van der Waals surface area (Å²) < 4.78 is 2.25. The Morgan fingerprint density at radius 2 is 1.92 bits per heavy atom. The molecule has 4 rings (SSSR count). The van der Waals surface area contributed by atoms with Crippen LogP contribution < -0.4 is 10.6 Å². The first-order valence-corrected chi connectivity index (χ1v) is 8.74. The van der Waals surface area contributed by atoms with Crippen molar-refractivity contribution in [2.45, 2.75) is 43.1 Å². The highest BCUT2D eigenvalue weighted by atomic mass is 16.3. The number of aromatic nitrogens is 2. The fourth-order valence-electron chi connectivity index (χ4n) is 4.58. The zero-order valence-electron chi connectivity index (χ0n) is 14.7. The Bertz CT molecular complexity index is 745. The van der Waals surface area contributed by atoms with Gasteiger partial charge < -0.3 is 9.67 Å². The molecule has 1 atom stereocenters. The first-order valence-electron chi connectivity index (χ1n) is 8.74. The lowest BCUT2D eigenvalue weighted by atomic mass is 9.71. The smallest absolute Gasteiger partial charge is 0.161 e. The maximum absolute atomic E-state index is 9.79. The number of nitrogens with zero attached hydrogens (tertiary/aromatic N) is 3. The maximum Gasteiger partial charge on any atom is 0.161 e. The van der Waals surface area contributed by atoms with Crippen LogP contribution >= 0.6 is 0 Å². The molecule has 1 unspecified atom stereocenters. The van der Waals surface area contributed by atoms with Gasteiger partial charge in [-0.15, -0.1) is 0 Å². The predicted molar refractivity (Wildman–Crippen MR) is 94.4 cm³/mol. The molecule has 1 aliphatic carbocycles. The maximum atomic E-state index is 9.79. The van der Waals surface area contributed by atoms with E-state index in [9.17, 15) is 5.11 Å². The molecule has 0 amide bonds. The summed E-state index contributed by atoms with van der Waals surface area (Å²) in [7, 11) is 6.44. The van der Waals surface area contributed by atoms with Gasteiger partial charge in [0.15, 0.2) is 6.35 Å². The Morgan fingerprint density at radius 1 is 1.21 bits per heavy atom. The van der Waals surface area contributed by atoms with Gasteiger partial charge in [0, 0.05) is 19.1 Å². The zero-order valence-corrected chi connectivity index (χ0v) is 14.7. The van der Waals surface area contributed by atoms with Gasteiger partial charge in [0.1, 0.15) is 5.82 Å². The van der Waals surface area contributed by atoms with Crippen molar-refractivity contribution in [1.82, 2.24) is 25.1 Å². The number of para-hydroxylation sites is 2. The van der Waals surface area contributed by atoms with E-state index in [0.29, 0.717) is 0 Å². The van der Waals surface area contributed by atoms with E-state index < -0.39 is 6.35 Å². The van der Waals surface area contributed by atoms with Gasteiger partial charge in [-0.05, 0) is 51.9 Å². The van der Waals surface area contributed by atoms with E-state index in [-0.39, 0.29) is 11.1 Å². The molecule has 6 heteroatoms. The summed E-state index contributed by atoms with van der Waals surface area (Å²) in [5.41, 5.74) is 2.20. The second-order valence-electron chi connectivity index (χ2n) is 7.62. The number of imidazole rings is 1. The van der Waals surface area contributed by atoms with Crippen LogP contribution in [0.25, 0.3) is 11.0 Å². The van der Waals surface area contributed by atoms with Crippen molar-refractivity contribution >= 4 is 11.0 Å². The van der Waals surface area contributed by atoms with Gasteiger partial charge in [-0.25, -0.2) is 4.98 Å². The Hall–Kier alpha value is -1.47. The van der Waals surface area contributed by atoms with Crippen LogP contribution in [0.2, 0.25) is 0 Å². The second kappa shape index (κ2) is 5.52. The first-order chi connectivity index (χ1) is 11.5. The van der Waals surface area contributed by atoms with Crippen molar-refractivity contribution < 1.29 is 5.11 Å². The molecule has 1 aromatic carbocycles. The lowest BCUT2D eigenvalue weighted by molar-refractivity contribution is 0.0427. The summed E-state index contributed by atoms with van der Waals surface area (Å²) in [6.45, 7) is 0.834. The Balaban J connectivity index is 1.71. The molecule has 3 N–H and O–H groups in total. The molecule has 0 bridgehead atoms. The monoisotopic (exact) mass is 329 g/mol. The molecule has 6 nitrogen and oxygen atoms in total. The van der Waals surface area contributed by atoms with Crippen LogP contribution in [0.3, 0.4) is 0 Å². The number of hydrogen-bond acceptors (Lipinski definition) is 5. The standard InChI is InChI=1S/C18H27N5O/c1-22(2)18(10-8-17(9-11-18)12-19-16(24)21-17)15-20-13-6-4-5-7-14(13)23(15)3/h4-7,16,19,21,24H,8-12H2,1-3H3/t16?,17-,18-. The molecule has 1 aromatic heterocycles. The molecule has 1 saturated carbocycles. The molecular formula is C18H27N5O. The van der Waals surface area contributed by atoms with Crippen LogP contribution in [0.15, 0.2) is 24.3 Å². The van der Waals surface area contributed by atoms with Crippen molar-refractivity contribution in [2.24, 2.45) is 7.05 Å². The molecule has 24 heavy (non-hydrogen) atoms. The minimum atomic E-state index is -0.576. The lowest BCUT2D eigenvalue weighted by Crippen LogP contribution is -2.55. The van der Waals surface area contributed by atoms with E-state index in [2.05, 4.69) is 59.4 Å². The fourth-order valence-corrected chi connectivity index (χ4v) is 4.58. The van der Waals surface area contributed by atoms with Crippen LogP contribution in [0.5, 0.6) is 0 Å². The van der Waals surface area contributed by atoms with Crippen molar-refractivity contribution in [3.8, 4) is 0 Å². The molecule has 1 spiro atoms. The summed E-state index contributed by atoms with van der Waals surface area (Å²) in [5.74, 6) is 1.15. The van der Waals surface area contributed by atoms with Crippen LogP contribution in [0.4, 0.5) is 0 Å². The summed E-state index contributed by atoms with van der Waals surface area (Å²) in [6.07, 6.45) is 3.53. The minimum absolute atomic E-state index is 0.0174. The van der Waals surface area contributed by atoms with Crippen molar-refractivity contribution in [2.75, 3.05) is 20.6 Å². The Kier molecular flexibility index (Phi) is 3.69. The van der Waals surface area contributed by atoms with Crippen LogP contribution in [-0.2, 0) is 12.6 Å². The van der Waals surface area contributed by atoms with Gasteiger partial charge in [0.25, 0.3) is 0 Å². The third-order valence-electron chi connectivity index (χ3n) is 6.17. The normalized spacial score (nSPS) is 33.8. The number of fused-ring (bicyclic) bond motifs is 1. The summed E-state index contributed by atoms with van der Waals surface area (Å²) in [4.78, 5) is 7.33. The van der Waals surface area contributed by atoms with E-state index in [4.69, 9.17) is 4.98 Å². The van der Waals surface area contributed by atoms with Crippen molar-refractivity contribution in [3.05, 3.63) is 30.1 Å². The highest BCUT2D eigenvalue weighted by Gasteiger charge is 2.49. The van der Waals surface area contributed by atoms with E-state index in [0.717, 1.165) is 43.6 Å². The van der Waals surface area contributed by atoms with E-state index in [1.54, 1.807) is 0 Å². The Labute approximate surface area is 142 Å². The molecule has 2 heterocycles. The highest BCUT2D eigenvalue weighted by Crippen LogP contribution is 2.45. The third-order valence-corrected chi connectivity index (χ3v) is 6.17. The van der Waals surface area contributed by atoms with Gasteiger partial charge in [-0.1, -0.05) is 12.1 Å². The molecule has 0 radical (unpaired) electrons. The molecule has 2 aromatic rings. The van der Waals surface area contributed by atoms with Gasteiger partial charge >= 0.3 is 0 Å². The van der Waals surface area contributed by atoms with Gasteiger partial charge in [-0.2, -0.15) is 0 Å². The lowest BCUT2D eigenvalue weighted by Gasteiger charge is -2.47. The average molecular weight is 329 g/mol. The van der Waals surface area contributed by atoms with E-state index >= 15 is 0 Å². The third kappa shape index (κ3) is 2.29.